The van der Waals surface area contributed by atoms with Gasteiger partial charge in [0.2, 0.25) is 0 Å². The predicted octanol–water partition coefficient (Wildman–Crippen LogP) is 0.548. The van der Waals surface area contributed by atoms with Crippen molar-refractivity contribution in [3.05, 3.63) is 0 Å². The topological polar surface area (TPSA) is 80.4 Å². The summed E-state index contributed by atoms with van der Waals surface area (Å²) in [5.74, 6) is -0.841. The Morgan fingerprint density at radius 3 is 2.50 bits per heavy atom. The fraction of sp³-hybridized carbons (Fsp3) is 0.750. The van der Waals surface area contributed by atoms with Crippen LogP contribution < -0.4 is 5.73 Å². The number of ketones is 1. The first-order valence-electron chi connectivity index (χ1n) is 4.08. The van der Waals surface area contributed by atoms with Crippen molar-refractivity contribution in [2.45, 2.75) is 38.6 Å². The summed E-state index contributed by atoms with van der Waals surface area (Å²) in [6.45, 7) is 1.75. The van der Waals surface area contributed by atoms with E-state index in [1.54, 1.807) is 6.92 Å². The summed E-state index contributed by atoms with van der Waals surface area (Å²) in [7, 11) is 0. The molecule has 0 aromatic carbocycles. The maximum Gasteiger partial charge on any atom is 0.303 e. The second kappa shape index (κ2) is 5.71. The first-order valence-corrected chi connectivity index (χ1v) is 4.08. The van der Waals surface area contributed by atoms with Gasteiger partial charge in [0.25, 0.3) is 0 Å². The lowest BCUT2D eigenvalue weighted by molar-refractivity contribution is -0.137. The molecule has 0 amide bonds. The third-order valence-corrected chi connectivity index (χ3v) is 1.67. The standard InChI is InChI=1S/C8H15NO3/c1-2-7(10)6(9)4-3-5-8(11)12/h6H,2-5,9H2,1H3,(H,11,12). The van der Waals surface area contributed by atoms with E-state index >= 15 is 0 Å². The van der Waals surface area contributed by atoms with Crippen molar-refractivity contribution < 1.29 is 14.7 Å². The van der Waals surface area contributed by atoms with Gasteiger partial charge >= 0.3 is 5.97 Å². The van der Waals surface area contributed by atoms with E-state index in [1.165, 1.54) is 0 Å². The third kappa shape index (κ3) is 4.85. The van der Waals surface area contributed by atoms with Crippen LogP contribution in [-0.4, -0.2) is 22.9 Å². The molecule has 0 radical (unpaired) electrons. The zero-order valence-electron chi connectivity index (χ0n) is 7.25. The van der Waals surface area contributed by atoms with Gasteiger partial charge in [-0.25, -0.2) is 0 Å². The van der Waals surface area contributed by atoms with Gasteiger partial charge in [-0.1, -0.05) is 6.92 Å². The van der Waals surface area contributed by atoms with Crippen LogP contribution in [0, 0.1) is 0 Å². The number of carbonyl (C=O) groups is 2. The first kappa shape index (κ1) is 11.1. The van der Waals surface area contributed by atoms with Crippen LogP contribution >= 0.6 is 0 Å². The van der Waals surface area contributed by atoms with Crippen molar-refractivity contribution in [2.75, 3.05) is 0 Å². The summed E-state index contributed by atoms with van der Waals surface area (Å²) < 4.78 is 0. The molecule has 0 heterocycles. The Labute approximate surface area is 71.8 Å². The molecule has 70 valence electrons. The Bertz CT molecular complexity index is 168. The molecule has 0 bridgehead atoms. The van der Waals surface area contributed by atoms with Gasteiger partial charge in [0.1, 0.15) is 5.78 Å². The van der Waals surface area contributed by atoms with Crippen LogP contribution in [0.3, 0.4) is 0 Å². The number of nitrogens with two attached hydrogens (primary N) is 1. The number of carboxylic acid groups (broad SMARTS) is 1. The van der Waals surface area contributed by atoms with E-state index in [0.717, 1.165) is 0 Å². The summed E-state index contributed by atoms with van der Waals surface area (Å²) in [5, 5.41) is 8.30. The lowest BCUT2D eigenvalue weighted by Gasteiger charge is -2.06. The van der Waals surface area contributed by atoms with E-state index in [9.17, 15) is 9.59 Å². The number of hydrogen-bond donors (Lipinski definition) is 2. The Hall–Kier alpha value is -0.900. The van der Waals surface area contributed by atoms with E-state index in [4.69, 9.17) is 10.8 Å². The summed E-state index contributed by atoms with van der Waals surface area (Å²) in [4.78, 5) is 21.0. The highest BCUT2D eigenvalue weighted by atomic mass is 16.4. The van der Waals surface area contributed by atoms with Gasteiger partial charge in [-0.15, -0.1) is 0 Å². The highest BCUT2D eigenvalue weighted by Gasteiger charge is 2.10. The predicted molar refractivity (Wildman–Crippen MR) is 44.8 cm³/mol. The normalized spacial score (nSPS) is 12.5. The molecule has 0 spiro atoms. The summed E-state index contributed by atoms with van der Waals surface area (Å²) in [6.07, 6.45) is 1.46. The number of aliphatic carboxylic acids is 1. The zero-order chi connectivity index (χ0) is 9.56. The average molecular weight is 173 g/mol. The van der Waals surface area contributed by atoms with Crippen LogP contribution in [0.25, 0.3) is 0 Å². The number of carbonyl (C=O) groups excluding carboxylic acids is 1. The number of Topliss-reactive ketones (excluding diaryl/α,β-unsaturated/α-hetero) is 1. The molecule has 0 aliphatic rings. The quantitative estimate of drug-likeness (QED) is 0.614. The van der Waals surface area contributed by atoms with Crippen LogP contribution in [0.4, 0.5) is 0 Å². The zero-order valence-corrected chi connectivity index (χ0v) is 7.25. The smallest absolute Gasteiger partial charge is 0.303 e. The average Bonchev–Trinajstić information content (AvgIpc) is 2.02. The maximum absolute atomic E-state index is 10.9. The molecule has 0 aliphatic carbocycles. The molecule has 0 fully saturated rings. The van der Waals surface area contributed by atoms with E-state index in [-0.39, 0.29) is 12.2 Å². The van der Waals surface area contributed by atoms with Gasteiger partial charge in [0, 0.05) is 12.8 Å². The van der Waals surface area contributed by atoms with Gasteiger partial charge < -0.3 is 10.8 Å². The minimum Gasteiger partial charge on any atom is -0.481 e. The van der Waals surface area contributed by atoms with Crippen molar-refractivity contribution in [3.63, 3.8) is 0 Å². The summed E-state index contributed by atoms with van der Waals surface area (Å²) >= 11 is 0. The van der Waals surface area contributed by atoms with Gasteiger partial charge in [-0.2, -0.15) is 0 Å². The van der Waals surface area contributed by atoms with Gasteiger partial charge in [-0.05, 0) is 12.8 Å². The fourth-order valence-corrected chi connectivity index (χ4v) is 0.896. The van der Waals surface area contributed by atoms with Crippen LogP contribution in [0.1, 0.15) is 32.6 Å². The van der Waals surface area contributed by atoms with Crippen LogP contribution in [0.5, 0.6) is 0 Å². The highest BCUT2D eigenvalue weighted by molar-refractivity contribution is 5.83. The molecule has 1 unspecified atom stereocenters. The van der Waals surface area contributed by atoms with Crippen molar-refractivity contribution in [1.82, 2.24) is 0 Å². The Balaban J connectivity index is 3.50. The molecule has 0 aromatic rings. The molecule has 4 heteroatoms. The van der Waals surface area contributed by atoms with Crippen molar-refractivity contribution in [3.8, 4) is 0 Å². The minimum absolute atomic E-state index is 0.000360. The van der Waals surface area contributed by atoms with Crippen molar-refractivity contribution >= 4 is 11.8 Å². The van der Waals surface area contributed by atoms with E-state index < -0.39 is 12.0 Å². The molecule has 1 atom stereocenters. The molecule has 0 aromatic heterocycles. The van der Waals surface area contributed by atoms with Crippen molar-refractivity contribution in [2.24, 2.45) is 5.73 Å². The number of hydrogen-bond acceptors (Lipinski definition) is 3. The SMILES string of the molecule is CCC(=O)C(N)CCCC(=O)O. The molecule has 4 nitrogen and oxygen atoms in total. The first-order chi connectivity index (χ1) is 5.57. The summed E-state index contributed by atoms with van der Waals surface area (Å²) in [6, 6.07) is -0.477. The Morgan fingerprint density at radius 1 is 1.50 bits per heavy atom. The number of carboxylic acids is 1. The monoisotopic (exact) mass is 173 g/mol. The third-order valence-electron chi connectivity index (χ3n) is 1.67. The molecule has 0 saturated carbocycles. The van der Waals surface area contributed by atoms with Crippen molar-refractivity contribution in [1.29, 1.82) is 0 Å². The maximum atomic E-state index is 10.9. The molecule has 0 saturated heterocycles. The second-order valence-corrected chi connectivity index (χ2v) is 2.71. The Kier molecular flexibility index (Phi) is 5.28. The molecular weight excluding hydrogens is 158 g/mol. The minimum atomic E-state index is -0.842. The lowest BCUT2D eigenvalue weighted by atomic mass is 10.1. The van der Waals surface area contributed by atoms with Gasteiger partial charge in [0.15, 0.2) is 0 Å². The summed E-state index contributed by atoms with van der Waals surface area (Å²) in [5.41, 5.74) is 5.47. The number of rotatable bonds is 6. The largest absolute Gasteiger partial charge is 0.481 e. The highest BCUT2D eigenvalue weighted by Crippen LogP contribution is 2.01. The molecular formula is C8H15NO3. The van der Waals surface area contributed by atoms with Crippen LogP contribution in [0.2, 0.25) is 0 Å². The Morgan fingerprint density at radius 2 is 2.08 bits per heavy atom. The molecule has 0 aliphatic heterocycles. The molecule has 3 N–H and O–H groups in total. The van der Waals surface area contributed by atoms with Crippen LogP contribution in [0.15, 0.2) is 0 Å². The van der Waals surface area contributed by atoms with Crippen LogP contribution in [-0.2, 0) is 9.59 Å². The molecule has 0 rings (SSSR count). The molecule has 12 heavy (non-hydrogen) atoms. The van der Waals surface area contributed by atoms with E-state index in [1.807, 2.05) is 0 Å². The van der Waals surface area contributed by atoms with Gasteiger partial charge in [-0.3, -0.25) is 9.59 Å². The fourth-order valence-electron chi connectivity index (χ4n) is 0.896. The second-order valence-electron chi connectivity index (χ2n) is 2.71. The van der Waals surface area contributed by atoms with Gasteiger partial charge in [0.05, 0.1) is 6.04 Å². The lowest BCUT2D eigenvalue weighted by Crippen LogP contribution is -2.29. The van der Waals surface area contributed by atoms with E-state index in [0.29, 0.717) is 19.3 Å². The van der Waals surface area contributed by atoms with E-state index in [2.05, 4.69) is 0 Å².